The van der Waals surface area contributed by atoms with Gasteiger partial charge >= 0.3 is 0 Å². The van der Waals surface area contributed by atoms with E-state index >= 15 is 0 Å². The highest BCUT2D eigenvalue weighted by Crippen LogP contribution is 2.38. The predicted octanol–water partition coefficient (Wildman–Crippen LogP) is 4.71. The lowest BCUT2D eigenvalue weighted by Gasteiger charge is -2.27. The first-order chi connectivity index (χ1) is 8.78. The second kappa shape index (κ2) is 5.30. The Kier molecular flexibility index (Phi) is 3.72. The van der Waals surface area contributed by atoms with Crippen LogP contribution in [0.5, 0.6) is 0 Å². The van der Waals surface area contributed by atoms with E-state index in [4.69, 9.17) is 23.2 Å². The minimum atomic E-state index is 0.501. The van der Waals surface area contributed by atoms with Crippen LogP contribution in [0, 0.1) is 11.8 Å². The molecule has 0 bridgehead atoms. The Labute approximate surface area is 119 Å². The zero-order valence-corrected chi connectivity index (χ0v) is 12.1. The topological polar surface area (TPSA) is 3.24 Å². The molecule has 18 heavy (non-hydrogen) atoms. The average Bonchev–Trinajstić information content (AvgIpc) is 3.22. The Morgan fingerprint density at radius 3 is 2.17 bits per heavy atom. The van der Waals surface area contributed by atoms with Gasteiger partial charge in [-0.15, -0.1) is 11.6 Å². The SMILES string of the molecule is ClCc1c(Cl)cccc1N(CC1CC1)CC1CC1. The molecule has 0 aliphatic heterocycles. The molecule has 2 fully saturated rings. The minimum Gasteiger partial charge on any atom is -0.371 e. The highest BCUT2D eigenvalue weighted by Gasteiger charge is 2.30. The van der Waals surface area contributed by atoms with E-state index in [1.54, 1.807) is 0 Å². The van der Waals surface area contributed by atoms with Crippen molar-refractivity contribution in [3.63, 3.8) is 0 Å². The lowest BCUT2D eigenvalue weighted by atomic mass is 10.1. The Hall–Kier alpha value is -0.400. The third-order valence-corrected chi connectivity index (χ3v) is 4.54. The Bertz CT molecular complexity index is 411. The fourth-order valence-electron chi connectivity index (χ4n) is 2.47. The molecule has 3 heteroatoms. The molecule has 0 heterocycles. The van der Waals surface area contributed by atoms with Gasteiger partial charge in [0.05, 0.1) is 5.88 Å². The summed E-state index contributed by atoms with van der Waals surface area (Å²) in [5.74, 6) is 2.29. The van der Waals surface area contributed by atoms with Crippen molar-refractivity contribution >= 4 is 28.9 Å². The molecule has 2 saturated carbocycles. The first kappa shape index (κ1) is 12.6. The number of rotatable bonds is 6. The van der Waals surface area contributed by atoms with E-state index in [0.717, 1.165) is 22.4 Å². The number of halogens is 2. The molecule has 1 nitrogen and oxygen atoms in total. The summed E-state index contributed by atoms with van der Waals surface area (Å²) in [4.78, 5) is 2.53. The molecule has 0 aromatic heterocycles. The standard InChI is InChI=1S/C15H19Cl2N/c16-8-13-14(17)2-1-3-15(13)18(9-11-4-5-11)10-12-6-7-12/h1-3,11-12H,4-10H2. The molecule has 3 rings (SSSR count). The molecule has 0 radical (unpaired) electrons. The summed E-state index contributed by atoms with van der Waals surface area (Å²) >= 11 is 12.3. The third kappa shape index (κ3) is 2.95. The highest BCUT2D eigenvalue weighted by molar-refractivity contribution is 6.32. The summed E-state index contributed by atoms with van der Waals surface area (Å²) in [5, 5.41) is 0.805. The minimum absolute atomic E-state index is 0.501. The van der Waals surface area contributed by atoms with Crippen LogP contribution in [-0.2, 0) is 5.88 Å². The molecule has 1 aromatic rings. The maximum absolute atomic E-state index is 6.27. The molecule has 1 aromatic carbocycles. The van der Waals surface area contributed by atoms with Gasteiger partial charge in [0.2, 0.25) is 0 Å². The zero-order chi connectivity index (χ0) is 12.5. The lowest BCUT2D eigenvalue weighted by Crippen LogP contribution is -2.29. The number of hydrogen-bond acceptors (Lipinski definition) is 1. The third-order valence-electron chi connectivity index (χ3n) is 3.92. The van der Waals surface area contributed by atoms with Gasteiger partial charge in [-0.1, -0.05) is 17.7 Å². The average molecular weight is 284 g/mol. The Balaban J connectivity index is 1.84. The van der Waals surface area contributed by atoms with Crippen molar-refractivity contribution in [3.05, 3.63) is 28.8 Å². The van der Waals surface area contributed by atoms with Crippen LogP contribution in [0.15, 0.2) is 18.2 Å². The van der Waals surface area contributed by atoms with Gasteiger partial charge in [0.15, 0.2) is 0 Å². The largest absolute Gasteiger partial charge is 0.371 e. The van der Waals surface area contributed by atoms with Crippen LogP contribution >= 0.6 is 23.2 Å². The van der Waals surface area contributed by atoms with E-state index in [-0.39, 0.29) is 0 Å². The van der Waals surface area contributed by atoms with Crippen molar-refractivity contribution in [3.8, 4) is 0 Å². The number of hydrogen-bond donors (Lipinski definition) is 0. The van der Waals surface area contributed by atoms with E-state index in [9.17, 15) is 0 Å². The second-order valence-corrected chi connectivity index (χ2v) is 6.34. The number of nitrogens with zero attached hydrogens (tertiary/aromatic N) is 1. The van der Waals surface area contributed by atoms with E-state index in [1.165, 1.54) is 44.5 Å². The van der Waals surface area contributed by atoms with E-state index in [0.29, 0.717) is 5.88 Å². The summed E-state index contributed by atoms with van der Waals surface area (Å²) < 4.78 is 0. The van der Waals surface area contributed by atoms with Crippen molar-refractivity contribution in [2.75, 3.05) is 18.0 Å². The number of anilines is 1. The number of benzene rings is 1. The van der Waals surface area contributed by atoms with Crippen molar-refractivity contribution in [1.82, 2.24) is 0 Å². The zero-order valence-electron chi connectivity index (χ0n) is 10.5. The van der Waals surface area contributed by atoms with E-state index < -0.39 is 0 Å². The van der Waals surface area contributed by atoms with Crippen LogP contribution in [0.4, 0.5) is 5.69 Å². The summed E-state index contributed by atoms with van der Waals surface area (Å²) in [6.45, 7) is 2.36. The fourth-order valence-corrected chi connectivity index (χ4v) is 3.06. The molecule has 2 aliphatic carbocycles. The normalized spacial score (nSPS) is 19.0. The maximum Gasteiger partial charge on any atom is 0.0509 e. The summed E-state index contributed by atoms with van der Waals surface area (Å²) in [7, 11) is 0. The van der Waals surface area contributed by atoms with Gasteiger partial charge in [-0.3, -0.25) is 0 Å². The predicted molar refractivity (Wildman–Crippen MR) is 78.7 cm³/mol. The molecule has 0 amide bonds. The van der Waals surface area contributed by atoms with Crippen LogP contribution in [-0.4, -0.2) is 13.1 Å². The first-order valence-electron chi connectivity index (χ1n) is 6.86. The summed E-state index contributed by atoms with van der Waals surface area (Å²) in [6, 6.07) is 6.16. The van der Waals surface area contributed by atoms with Gasteiger partial charge in [-0.2, -0.15) is 0 Å². The summed E-state index contributed by atoms with van der Waals surface area (Å²) in [6.07, 6.45) is 5.55. The van der Waals surface area contributed by atoms with Crippen LogP contribution in [0.3, 0.4) is 0 Å². The molecule has 0 N–H and O–H groups in total. The summed E-state index contributed by atoms with van der Waals surface area (Å²) in [5.41, 5.74) is 2.36. The smallest absolute Gasteiger partial charge is 0.0509 e. The molecular weight excluding hydrogens is 265 g/mol. The van der Waals surface area contributed by atoms with Gasteiger partial charge in [-0.05, 0) is 49.7 Å². The van der Waals surface area contributed by atoms with Crippen molar-refractivity contribution < 1.29 is 0 Å². The van der Waals surface area contributed by atoms with Crippen molar-refractivity contribution in [2.24, 2.45) is 11.8 Å². The van der Waals surface area contributed by atoms with Crippen LogP contribution in [0.2, 0.25) is 5.02 Å². The van der Waals surface area contributed by atoms with E-state index in [1.807, 2.05) is 12.1 Å². The number of alkyl halides is 1. The van der Waals surface area contributed by atoms with Crippen LogP contribution in [0.1, 0.15) is 31.2 Å². The van der Waals surface area contributed by atoms with Gasteiger partial charge in [0, 0.05) is 29.4 Å². The monoisotopic (exact) mass is 283 g/mol. The van der Waals surface area contributed by atoms with Crippen LogP contribution < -0.4 is 4.90 Å². The van der Waals surface area contributed by atoms with Gasteiger partial charge in [-0.25, -0.2) is 0 Å². The Morgan fingerprint density at radius 1 is 1.06 bits per heavy atom. The van der Waals surface area contributed by atoms with Gasteiger partial charge in [0.1, 0.15) is 0 Å². The van der Waals surface area contributed by atoms with Crippen LogP contribution in [0.25, 0.3) is 0 Å². The molecule has 98 valence electrons. The fraction of sp³-hybridized carbons (Fsp3) is 0.600. The lowest BCUT2D eigenvalue weighted by molar-refractivity contribution is 0.677. The van der Waals surface area contributed by atoms with Gasteiger partial charge in [0.25, 0.3) is 0 Å². The molecule has 0 unspecified atom stereocenters. The van der Waals surface area contributed by atoms with Gasteiger partial charge < -0.3 is 4.90 Å². The van der Waals surface area contributed by atoms with Crippen molar-refractivity contribution in [2.45, 2.75) is 31.6 Å². The molecular formula is C15H19Cl2N. The molecule has 2 aliphatic rings. The highest BCUT2D eigenvalue weighted by atomic mass is 35.5. The first-order valence-corrected chi connectivity index (χ1v) is 7.77. The molecule has 0 saturated heterocycles. The van der Waals surface area contributed by atoms with Crippen molar-refractivity contribution in [1.29, 1.82) is 0 Å². The van der Waals surface area contributed by atoms with E-state index in [2.05, 4.69) is 11.0 Å². The molecule has 0 spiro atoms. The second-order valence-electron chi connectivity index (χ2n) is 5.66. The molecule has 0 atom stereocenters. The quantitative estimate of drug-likeness (QED) is 0.684. The Morgan fingerprint density at radius 2 is 1.67 bits per heavy atom. The maximum atomic E-state index is 6.27.